The summed E-state index contributed by atoms with van der Waals surface area (Å²) < 4.78 is 17.8. The average molecular weight is 204 g/mol. The highest BCUT2D eigenvalue weighted by Gasteiger charge is 2.07. The summed E-state index contributed by atoms with van der Waals surface area (Å²) in [5.74, 6) is -0.453. The normalized spacial score (nSPS) is 12.9. The van der Waals surface area contributed by atoms with Crippen LogP contribution in [0.5, 0.6) is 0 Å². The Bertz CT molecular complexity index is 293. The maximum absolute atomic E-state index is 13.0. The van der Waals surface area contributed by atoms with E-state index in [9.17, 15) is 4.39 Å². The smallest absolute Gasteiger partial charge is 0.142 e. The number of benzene rings is 1. The van der Waals surface area contributed by atoms with E-state index in [-0.39, 0.29) is 11.1 Å². The van der Waals surface area contributed by atoms with Crippen LogP contribution in [-0.4, -0.2) is 13.7 Å². The highest BCUT2D eigenvalue weighted by molar-refractivity contribution is 6.30. The molecule has 0 spiro atoms. The molecule has 0 amide bonds. The van der Waals surface area contributed by atoms with Gasteiger partial charge in [-0.25, -0.2) is 4.39 Å². The Morgan fingerprint density at radius 2 is 2.31 bits per heavy atom. The van der Waals surface area contributed by atoms with Gasteiger partial charge < -0.3 is 10.5 Å². The van der Waals surface area contributed by atoms with Gasteiger partial charge in [-0.3, -0.25) is 0 Å². The number of hydrogen-bond acceptors (Lipinski definition) is 2. The van der Waals surface area contributed by atoms with E-state index in [2.05, 4.69) is 0 Å². The first kappa shape index (κ1) is 10.4. The van der Waals surface area contributed by atoms with Crippen molar-refractivity contribution in [2.24, 2.45) is 5.73 Å². The maximum atomic E-state index is 13.0. The molecule has 1 rings (SSSR count). The lowest BCUT2D eigenvalue weighted by Gasteiger charge is -2.10. The molecule has 1 atom stereocenters. The van der Waals surface area contributed by atoms with Crippen molar-refractivity contribution >= 4 is 11.6 Å². The van der Waals surface area contributed by atoms with Gasteiger partial charge in [0, 0.05) is 7.11 Å². The SMILES string of the molecule is COC[C@@H](N)c1ccc(Cl)c(F)c1. The molecule has 0 unspecified atom stereocenters. The van der Waals surface area contributed by atoms with Gasteiger partial charge >= 0.3 is 0 Å². The molecule has 0 saturated heterocycles. The van der Waals surface area contributed by atoms with Crippen LogP contribution in [0.1, 0.15) is 11.6 Å². The zero-order valence-electron chi connectivity index (χ0n) is 7.26. The van der Waals surface area contributed by atoms with E-state index in [0.29, 0.717) is 12.2 Å². The molecule has 0 aromatic heterocycles. The van der Waals surface area contributed by atoms with Crippen molar-refractivity contribution in [3.8, 4) is 0 Å². The van der Waals surface area contributed by atoms with Crippen molar-refractivity contribution < 1.29 is 9.13 Å². The summed E-state index contributed by atoms with van der Waals surface area (Å²) >= 11 is 5.52. The molecular weight excluding hydrogens is 193 g/mol. The first-order valence-electron chi connectivity index (χ1n) is 3.84. The van der Waals surface area contributed by atoms with Crippen LogP contribution in [0, 0.1) is 5.82 Å². The lowest BCUT2D eigenvalue weighted by atomic mass is 10.1. The Morgan fingerprint density at radius 1 is 1.62 bits per heavy atom. The first-order chi connectivity index (χ1) is 6.15. The van der Waals surface area contributed by atoms with E-state index in [1.165, 1.54) is 12.1 Å². The summed E-state index contributed by atoms with van der Waals surface area (Å²) in [5.41, 5.74) is 6.37. The predicted octanol–water partition coefficient (Wildman–Crippen LogP) is 2.13. The van der Waals surface area contributed by atoms with E-state index < -0.39 is 5.82 Å². The van der Waals surface area contributed by atoms with Crippen LogP contribution in [0.2, 0.25) is 5.02 Å². The molecule has 0 fully saturated rings. The second kappa shape index (κ2) is 4.56. The number of hydrogen-bond donors (Lipinski definition) is 1. The van der Waals surface area contributed by atoms with Crippen LogP contribution in [0.3, 0.4) is 0 Å². The summed E-state index contributed by atoms with van der Waals surface area (Å²) in [6, 6.07) is 4.19. The van der Waals surface area contributed by atoms with Gasteiger partial charge in [-0.2, -0.15) is 0 Å². The molecule has 13 heavy (non-hydrogen) atoms. The molecule has 1 aromatic rings. The highest BCUT2D eigenvalue weighted by Crippen LogP contribution is 2.19. The van der Waals surface area contributed by atoms with Crippen molar-refractivity contribution in [1.29, 1.82) is 0 Å². The minimum atomic E-state index is -0.453. The van der Waals surface area contributed by atoms with Crippen molar-refractivity contribution in [3.63, 3.8) is 0 Å². The fourth-order valence-electron chi connectivity index (χ4n) is 1.02. The van der Waals surface area contributed by atoms with E-state index in [0.717, 1.165) is 0 Å². The topological polar surface area (TPSA) is 35.2 Å². The zero-order chi connectivity index (χ0) is 9.84. The molecule has 0 bridgehead atoms. The van der Waals surface area contributed by atoms with Gasteiger partial charge in [0.15, 0.2) is 0 Å². The number of nitrogens with two attached hydrogens (primary N) is 1. The molecule has 0 aliphatic rings. The lowest BCUT2D eigenvalue weighted by molar-refractivity contribution is 0.181. The van der Waals surface area contributed by atoms with E-state index in [4.69, 9.17) is 22.1 Å². The van der Waals surface area contributed by atoms with Gasteiger partial charge in [0.2, 0.25) is 0 Å². The van der Waals surface area contributed by atoms with Crippen LogP contribution in [-0.2, 0) is 4.74 Å². The van der Waals surface area contributed by atoms with Crippen LogP contribution in [0.25, 0.3) is 0 Å². The molecule has 4 heteroatoms. The fourth-order valence-corrected chi connectivity index (χ4v) is 1.14. The van der Waals surface area contributed by atoms with Crippen LogP contribution >= 0.6 is 11.6 Å². The van der Waals surface area contributed by atoms with Crippen molar-refractivity contribution in [2.75, 3.05) is 13.7 Å². The summed E-state index contributed by atoms with van der Waals surface area (Å²) in [4.78, 5) is 0. The van der Waals surface area contributed by atoms with Gasteiger partial charge in [-0.05, 0) is 17.7 Å². The Labute approximate surface area is 81.4 Å². The Kier molecular flexibility index (Phi) is 3.66. The van der Waals surface area contributed by atoms with Gasteiger partial charge in [0.25, 0.3) is 0 Å². The van der Waals surface area contributed by atoms with Crippen LogP contribution in [0.15, 0.2) is 18.2 Å². The standard InChI is InChI=1S/C9H11ClFNO/c1-13-5-9(12)6-2-3-7(10)8(11)4-6/h2-4,9H,5,12H2,1H3/t9-/m1/s1. The molecule has 72 valence electrons. The third kappa shape index (κ3) is 2.66. The first-order valence-corrected chi connectivity index (χ1v) is 4.22. The average Bonchev–Trinajstić information content (AvgIpc) is 2.10. The van der Waals surface area contributed by atoms with Crippen molar-refractivity contribution in [1.82, 2.24) is 0 Å². The van der Waals surface area contributed by atoms with Gasteiger partial charge in [0.05, 0.1) is 17.7 Å². The number of halogens is 2. The number of methoxy groups -OCH3 is 1. The molecule has 0 radical (unpaired) electrons. The lowest BCUT2D eigenvalue weighted by Crippen LogP contribution is -2.16. The minimum Gasteiger partial charge on any atom is -0.383 e. The van der Waals surface area contributed by atoms with E-state index in [1.807, 2.05) is 0 Å². The molecule has 0 aliphatic heterocycles. The molecule has 0 heterocycles. The predicted molar refractivity (Wildman–Crippen MR) is 50.2 cm³/mol. The Hall–Kier alpha value is -0.640. The van der Waals surface area contributed by atoms with Gasteiger partial charge in [0.1, 0.15) is 5.82 Å². The number of rotatable bonds is 3. The van der Waals surface area contributed by atoms with Crippen molar-refractivity contribution in [2.45, 2.75) is 6.04 Å². The quantitative estimate of drug-likeness (QED) is 0.817. The van der Waals surface area contributed by atoms with Gasteiger partial charge in [-0.1, -0.05) is 17.7 Å². The molecule has 2 N–H and O–H groups in total. The van der Waals surface area contributed by atoms with Crippen LogP contribution in [0.4, 0.5) is 4.39 Å². The summed E-state index contributed by atoms with van der Waals surface area (Å²) in [5, 5.41) is 0.105. The monoisotopic (exact) mass is 203 g/mol. The maximum Gasteiger partial charge on any atom is 0.142 e. The molecule has 2 nitrogen and oxygen atoms in total. The minimum absolute atomic E-state index is 0.105. The Balaban J connectivity index is 2.84. The largest absolute Gasteiger partial charge is 0.383 e. The van der Waals surface area contributed by atoms with Crippen LogP contribution < -0.4 is 5.73 Å². The molecular formula is C9H11ClFNO. The Morgan fingerprint density at radius 3 is 2.85 bits per heavy atom. The van der Waals surface area contributed by atoms with E-state index >= 15 is 0 Å². The second-order valence-electron chi connectivity index (χ2n) is 2.74. The summed E-state index contributed by atoms with van der Waals surface area (Å²) in [6.07, 6.45) is 0. The summed E-state index contributed by atoms with van der Waals surface area (Å²) in [7, 11) is 1.55. The third-order valence-electron chi connectivity index (χ3n) is 1.72. The van der Waals surface area contributed by atoms with E-state index in [1.54, 1.807) is 13.2 Å². The highest BCUT2D eigenvalue weighted by atomic mass is 35.5. The van der Waals surface area contributed by atoms with Gasteiger partial charge in [-0.15, -0.1) is 0 Å². The van der Waals surface area contributed by atoms with Crippen molar-refractivity contribution in [3.05, 3.63) is 34.6 Å². The molecule has 1 aromatic carbocycles. The second-order valence-corrected chi connectivity index (χ2v) is 3.14. The third-order valence-corrected chi connectivity index (χ3v) is 2.02. The number of ether oxygens (including phenoxy) is 1. The summed E-state index contributed by atoms with van der Waals surface area (Å²) in [6.45, 7) is 0.362. The molecule has 0 saturated carbocycles. The molecule has 0 aliphatic carbocycles. The fraction of sp³-hybridized carbons (Fsp3) is 0.333. The zero-order valence-corrected chi connectivity index (χ0v) is 8.01.